The second-order valence-electron chi connectivity index (χ2n) is 5.84. The van der Waals surface area contributed by atoms with Gasteiger partial charge in [-0.05, 0) is 42.5 Å². The Bertz CT molecular complexity index is 1060. The van der Waals surface area contributed by atoms with Gasteiger partial charge in [-0.1, -0.05) is 18.2 Å². The van der Waals surface area contributed by atoms with Gasteiger partial charge in [0.15, 0.2) is 0 Å². The molecule has 0 N–H and O–H groups in total. The second-order valence-corrected chi connectivity index (χ2v) is 5.84. The van der Waals surface area contributed by atoms with Crippen molar-refractivity contribution in [2.24, 2.45) is 0 Å². The molecule has 1 aliphatic rings. The molecule has 0 spiro atoms. The number of benzene rings is 3. The fourth-order valence-corrected chi connectivity index (χ4v) is 2.86. The van der Waals surface area contributed by atoms with Gasteiger partial charge in [-0.25, -0.2) is 4.90 Å². The summed E-state index contributed by atoms with van der Waals surface area (Å²) in [5, 5.41) is 10.9. The molecule has 3 aromatic rings. The number of hydrogen-bond acceptors (Lipinski definition) is 5. The number of nitrogens with zero attached hydrogens (tertiary/aromatic N) is 2. The van der Waals surface area contributed by atoms with Crippen molar-refractivity contribution in [3.05, 3.63) is 94.0 Å². The van der Waals surface area contributed by atoms with Gasteiger partial charge >= 0.3 is 0 Å². The fourth-order valence-electron chi connectivity index (χ4n) is 2.86. The second kappa shape index (κ2) is 6.38. The summed E-state index contributed by atoms with van der Waals surface area (Å²) < 4.78 is 5.69. The van der Waals surface area contributed by atoms with Crippen molar-refractivity contribution in [1.82, 2.24) is 0 Å². The zero-order chi connectivity index (χ0) is 19.0. The highest BCUT2D eigenvalue weighted by Crippen LogP contribution is 2.32. The van der Waals surface area contributed by atoms with Crippen molar-refractivity contribution in [3.8, 4) is 11.5 Å². The van der Waals surface area contributed by atoms with Gasteiger partial charge in [0.05, 0.1) is 21.7 Å². The molecule has 0 bridgehead atoms. The van der Waals surface area contributed by atoms with E-state index in [2.05, 4.69) is 0 Å². The maximum Gasteiger partial charge on any atom is 0.270 e. The monoisotopic (exact) mass is 360 g/mol. The van der Waals surface area contributed by atoms with Crippen molar-refractivity contribution >= 4 is 23.2 Å². The molecular formula is C20H12N2O5. The maximum absolute atomic E-state index is 12.6. The third-order valence-electron chi connectivity index (χ3n) is 4.15. The molecule has 27 heavy (non-hydrogen) atoms. The lowest BCUT2D eigenvalue weighted by molar-refractivity contribution is -0.384. The van der Waals surface area contributed by atoms with Crippen LogP contribution in [0.2, 0.25) is 0 Å². The summed E-state index contributed by atoms with van der Waals surface area (Å²) >= 11 is 0. The first-order valence-electron chi connectivity index (χ1n) is 8.05. The van der Waals surface area contributed by atoms with Gasteiger partial charge in [0, 0.05) is 12.1 Å². The van der Waals surface area contributed by atoms with E-state index in [9.17, 15) is 19.7 Å². The number of imide groups is 1. The van der Waals surface area contributed by atoms with Gasteiger partial charge in [0.2, 0.25) is 0 Å². The van der Waals surface area contributed by atoms with E-state index in [1.54, 1.807) is 24.3 Å². The van der Waals surface area contributed by atoms with E-state index in [1.165, 1.54) is 12.1 Å². The zero-order valence-electron chi connectivity index (χ0n) is 13.9. The van der Waals surface area contributed by atoms with Gasteiger partial charge in [0.25, 0.3) is 17.5 Å². The number of rotatable bonds is 4. The molecule has 0 atom stereocenters. The number of hydrogen-bond donors (Lipinski definition) is 0. The quantitative estimate of drug-likeness (QED) is 0.395. The van der Waals surface area contributed by atoms with Crippen molar-refractivity contribution in [1.29, 1.82) is 0 Å². The minimum absolute atomic E-state index is 0.0267. The van der Waals surface area contributed by atoms with Crippen LogP contribution in [0, 0.1) is 10.1 Å². The Morgan fingerprint density at radius 3 is 2.07 bits per heavy atom. The molecule has 7 heteroatoms. The lowest BCUT2D eigenvalue weighted by Gasteiger charge is -2.14. The average molecular weight is 360 g/mol. The first-order chi connectivity index (χ1) is 13.0. The predicted octanol–water partition coefficient (Wildman–Crippen LogP) is 4.19. The first-order valence-corrected chi connectivity index (χ1v) is 8.05. The molecule has 132 valence electrons. The summed E-state index contributed by atoms with van der Waals surface area (Å²) in [6.45, 7) is 0. The number of non-ortho nitro benzene ring substituents is 1. The van der Waals surface area contributed by atoms with E-state index in [0.717, 1.165) is 11.0 Å². The van der Waals surface area contributed by atoms with Crippen LogP contribution in [0.5, 0.6) is 11.5 Å². The maximum atomic E-state index is 12.6. The molecule has 0 saturated carbocycles. The van der Waals surface area contributed by atoms with Crippen molar-refractivity contribution < 1.29 is 19.2 Å². The van der Waals surface area contributed by atoms with Crippen LogP contribution in [-0.4, -0.2) is 16.7 Å². The first kappa shape index (κ1) is 16.5. The average Bonchev–Trinajstić information content (AvgIpc) is 2.93. The number of nitro benzene ring substituents is 1. The number of fused-ring (bicyclic) bond motifs is 1. The molecular weight excluding hydrogens is 348 g/mol. The van der Waals surface area contributed by atoms with Crippen molar-refractivity contribution in [2.45, 2.75) is 0 Å². The van der Waals surface area contributed by atoms with Gasteiger partial charge in [-0.3, -0.25) is 19.7 Å². The van der Waals surface area contributed by atoms with Crippen LogP contribution in [0.3, 0.4) is 0 Å². The molecule has 4 rings (SSSR count). The number of para-hydroxylation sites is 1. The molecule has 0 aromatic heterocycles. The highest BCUT2D eigenvalue weighted by atomic mass is 16.6. The molecule has 0 aliphatic carbocycles. The molecule has 1 aliphatic heterocycles. The fraction of sp³-hybridized carbons (Fsp3) is 0. The molecule has 3 aromatic carbocycles. The zero-order valence-corrected chi connectivity index (χ0v) is 13.9. The molecule has 1 heterocycles. The van der Waals surface area contributed by atoms with Crippen LogP contribution in [0.4, 0.5) is 11.4 Å². The number of ether oxygens (including phenoxy) is 1. The minimum atomic E-state index is -0.601. The summed E-state index contributed by atoms with van der Waals surface area (Å²) in [5.74, 6) is 0.118. The molecule has 0 fully saturated rings. The Hall–Kier alpha value is -4.00. The van der Waals surface area contributed by atoms with Gasteiger partial charge in [0.1, 0.15) is 11.5 Å². The van der Waals surface area contributed by atoms with Crippen LogP contribution in [0.1, 0.15) is 20.7 Å². The third kappa shape index (κ3) is 2.91. The number of amides is 2. The van der Waals surface area contributed by atoms with Crippen molar-refractivity contribution in [2.75, 3.05) is 4.90 Å². The van der Waals surface area contributed by atoms with E-state index < -0.39 is 16.7 Å². The largest absolute Gasteiger partial charge is 0.457 e. The molecule has 7 nitrogen and oxygen atoms in total. The minimum Gasteiger partial charge on any atom is -0.457 e. The van der Waals surface area contributed by atoms with Gasteiger partial charge < -0.3 is 4.74 Å². The van der Waals surface area contributed by atoms with Crippen LogP contribution < -0.4 is 9.64 Å². The topological polar surface area (TPSA) is 89.8 Å². The van der Waals surface area contributed by atoms with Crippen LogP contribution in [0.15, 0.2) is 72.8 Å². The van der Waals surface area contributed by atoms with E-state index >= 15 is 0 Å². The molecule has 0 radical (unpaired) electrons. The SMILES string of the molecule is O=C1c2ccc([N+](=O)[O-])cc2C(=O)N1c1ccc(Oc2ccccc2)cc1. The summed E-state index contributed by atoms with van der Waals surface area (Å²) in [5.41, 5.74) is 0.307. The lowest BCUT2D eigenvalue weighted by Crippen LogP contribution is -2.29. The normalized spacial score (nSPS) is 12.8. The Kier molecular flexibility index (Phi) is 3.89. The Balaban J connectivity index is 1.61. The lowest BCUT2D eigenvalue weighted by atomic mass is 10.1. The number of anilines is 1. The molecule has 0 saturated heterocycles. The summed E-state index contributed by atoms with van der Waals surface area (Å²) in [6, 6.07) is 19.3. The summed E-state index contributed by atoms with van der Waals surface area (Å²) in [6.07, 6.45) is 0. The standard InChI is InChI=1S/C20H12N2O5/c23-19-17-11-8-14(22(25)26)12-18(17)20(24)21(19)13-6-9-16(10-7-13)27-15-4-2-1-3-5-15/h1-12H. The van der Waals surface area contributed by atoms with E-state index in [4.69, 9.17) is 4.74 Å². The van der Waals surface area contributed by atoms with Crippen molar-refractivity contribution in [3.63, 3.8) is 0 Å². The smallest absolute Gasteiger partial charge is 0.270 e. The summed E-state index contributed by atoms with van der Waals surface area (Å²) in [7, 11) is 0. The Labute approximate surface area is 153 Å². The third-order valence-corrected chi connectivity index (χ3v) is 4.15. The van der Waals surface area contributed by atoms with Gasteiger partial charge in [-0.2, -0.15) is 0 Å². The Morgan fingerprint density at radius 1 is 0.778 bits per heavy atom. The number of nitro groups is 1. The number of carbonyl (C=O) groups excluding carboxylic acids is 2. The van der Waals surface area contributed by atoms with E-state index in [0.29, 0.717) is 17.2 Å². The molecule has 2 amide bonds. The summed E-state index contributed by atoms with van der Waals surface area (Å²) in [4.78, 5) is 36.5. The van der Waals surface area contributed by atoms with Crippen LogP contribution in [0.25, 0.3) is 0 Å². The van der Waals surface area contributed by atoms with E-state index in [-0.39, 0.29) is 16.8 Å². The highest BCUT2D eigenvalue weighted by Gasteiger charge is 2.37. The van der Waals surface area contributed by atoms with Crippen LogP contribution in [-0.2, 0) is 0 Å². The Morgan fingerprint density at radius 2 is 1.41 bits per heavy atom. The number of carbonyl (C=O) groups is 2. The highest BCUT2D eigenvalue weighted by molar-refractivity contribution is 6.34. The van der Waals surface area contributed by atoms with Crippen LogP contribution >= 0.6 is 0 Å². The van der Waals surface area contributed by atoms with Gasteiger partial charge in [-0.15, -0.1) is 0 Å². The van der Waals surface area contributed by atoms with E-state index in [1.807, 2.05) is 30.3 Å². The predicted molar refractivity (Wildman–Crippen MR) is 97.2 cm³/mol. The molecule has 0 unspecified atom stereocenters.